The first-order valence-corrected chi connectivity index (χ1v) is 7.76. The maximum absolute atomic E-state index is 4.18. The minimum atomic E-state index is 1.06. The third-order valence-corrected chi connectivity index (χ3v) is 1.51. The van der Waals surface area contributed by atoms with Gasteiger partial charge in [0.15, 0.2) is 0 Å². The molecule has 0 radical (unpaired) electrons. The molecule has 0 atom stereocenters. The Labute approximate surface area is 85.7 Å². The summed E-state index contributed by atoms with van der Waals surface area (Å²) in [4.78, 5) is 4.18. The van der Waals surface area contributed by atoms with Gasteiger partial charge in [0.1, 0.15) is 0 Å². The summed E-state index contributed by atoms with van der Waals surface area (Å²) in [5.41, 5.74) is 1.06. The first-order valence-electron chi connectivity index (χ1n) is 3.43. The molecule has 2 rings (SSSR count). The third-order valence-electron chi connectivity index (χ3n) is 1.51. The number of rotatable bonds is 0. The van der Waals surface area contributed by atoms with Gasteiger partial charge in [-0.25, -0.2) is 0 Å². The van der Waals surface area contributed by atoms with E-state index in [1.54, 1.807) is 0 Å². The van der Waals surface area contributed by atoms with E-state index < -0.39 is 0 Å². The zero-order valence-corrected chi connectivity index (χ0v) is 9.73. The van der Waals surface area contributed by atoms with Crippen LogP contribution in [0.4, 0.5) is 0 Å². The van der Waals surface area contributed by atoms with Gasteiger partial charge in [-0.2, -0.15) is 0 Å². The van der Waals surface area contributed by atoms with Gasteiger partial charge in [-0.3, -0.25) is 4.98 Å². The predicted molar refractivity (Wildman–Crippen MR) is 53.3 cm³/mol. The molecule has 0 spiro atoms. The number of pyridine rings is 1. The Morgan fingerprint density at radius 2 is 1.58 bits per heavy atom. The molecular formula is C9H7NSe2. The monoisotopic (exact) mass is 289 g/mol. The minimum absolute atomic E-state index is 1.06. The molecule has 12 heavy (non-hydrogen) atoms. The number of para-hydroxylation sites is 1. The SMILES string of the molecule is [Se]=[Se].c1ccc2ncccc2c1. The van der Waals surface area contributed by atoms with Gasteiger partial charge in [0.25, 0.3) is 0 Å². The zero-order chi connectivity index (χ0) is 8.81. The van der Waals surface area contributed by atoms with E-state index in [1.165, 1.54) is 5.39 Å². The first-order chi connectivity index (χ1) is 5.97. The van der Waals surface area contributed by atoms with Gasteiger partial charge in [-0.15, -0.1) is 0 Å². The molecule has 0 aliphatic rings. The average molecular weight is 287 g/mol. The molecule has 0 fully saturated rings. The number of hydrogen-bond acceptors (Lipinski definition) is 1. The topological polar surface area (TPSA) is 12.9 Å². The van der Waals surface area contributed by atoms with Crippen molar-refractivity contribution in [3.8, 4) is 0 Å². The molecule has 3 heteroatoms. The molecule has 0 N–H and O–H groups in total. The molecule has 1 heterocycles. The van der Waals surface area contributed by atoms with E-state index in [4.69, 9.17) is 0 Å². The van der Waals surface area contributed by atoms with Crippen molar-refractivity contribution in [3.63, 3.8) is 0 Å². The summed E-state index contributed by atoms with van der Waals surface area (Å²) in [5.74, 6) is 0. The molecule has 0 saturated carbocycles. The molecular weight excluding hydrogens is 280 g/mol. The van der Waals surface area contributed by atoms with Crippen molar-refractivity contribution in [2.75, 3.05) is 0 Å². The van der Waals surface area contributed by atoms with Crippen LogP contribution >= 0.6 is 0 Å². The van der Waals surface area contributed by atoms with Crippen molar-refractivity contribution in [2.24, 2.45) is 0 Å². The van der Waals surface area contributed by atoms with Crippen molar-refractivity contribution < 1.29 is 0 Å². The van der Waals surface area contributed by atoms with E-state index in [0.717, 1.165) is 5.52 Å². The Hall–Kier alpha value is -0.331. The average Bonchev–Trinajstić information content (AvgIpc) is 2.21. The van der Waals surface area contributed by atoms with Crippen LogP contribution in [-0.2, 0) is 0 Å². The van der Waals surface area contributed by atoms with Gasteiger partial charge in [-0.1, -0.05) is 24.3 Å². The van der Waals surface area contributed by atoms with Crippen LogP contribution < -0.4 is 0 Å². The fraction of sp³-hybridized carbons (Fsp3) is 0. The summed E-state index contributed by atoms with van der Waals surface area (Å²) in [7, 11) is 0. The molecule has 0 unspecified atom stereocenters. The minimum Gasteiger partial charge on any atom is -0.256 e. The van der Waals surface area contributed by atoms with E-state index in [0.29, 0.717) is 0 Å². The van der Waals surface area contributed by atoms with Gasteiger partial charge in [-0.05, 0) is 12.1 Å². The Bertz CT molecular complexity index is 297. The fourth-order valence-corrected chi connectivity index (χ4v) is 1.02. The van der Waals surface area contributed by atoms with Gasteiger partial charge >= 0.3 is 27.3 Å². The van der Waals surface area contributed by atoms with E-state index >= 15 is 0 Å². The summed E-state index contributed by atoms with van der Waals surface area (Å²) < 4.78 is 0. The predicted octanol–water partition coefficient (Wildman–Crippen LogP) is 1.47. The quantitative estimate of drug-likeness (QED) is 0.669. The van der Waals surface area contributed by atoms with Crippen LogP contribution in [0.25, 0.3) is 10.9 Å². The van der Waals surface area contributed by atoms with Crippen LogP contribution in [0.15, 0.2) is 42.6 Å². The van der Waals surface area contributed by atoms with Crippen LogP contribution in [0.1, 0.15) is 0 Å². The number of hydrogen-bond donors (Lipinski definition) is 0. The van der Waals surface area contributed by atoms with Gasteiger partial charge in [0, 0.05) is 11.6 Å². The Morgan fingerprint density at radius 3 is 2.33 bits per heavy atom. The standard InChI is InChI=1S/C9H7N.Se2/c1-2-6-9-8(4-1)5-3-7-10-9;1-2/h1-7H;. The van der Waals surface area contributed by atoms with Crippen LogP contribution in [0, 0.1) is 0 Å². The Balaban J connectivity index is 0.000000336. The first kappa shape index (κ1) is 9.75. The number of fused-ring (bicyclic) bond motifs is 1. The van der Waals surface area contributed by atoms with E-state index in [2.05, 4.69) is 44.4 Å². The Morgan fingerprint density at radius 1 is 0.917 bits per heavy atom. The zero-order valence-electron chi connectivity index (χ0n) is 6.31. The van der Waals surface area contributed by atoms with Crippen LogP contribution in [0.2, 0.25) is 0 Å². The summed E-state index contributed by atoms with van der Waals surface area (Å²) in [6, 6.07) is 12.1. The molecule has 1 aromatic heterocycles. The summed E-state index contributed by atoms with van der Waals surface area (Å²) in [6.45, 7) is 0. The van der Waals surface area contributed by atoms with Gasteiger partial charge in [0.2, 0.25) is 0 Å². The number of benzene rings is 1. The second kappa shape index (κ2) is 5.34. The van der Waals surface area contributed by atoms with Crippen molar-refractivity contribution >= 4 is 38.2 Å². The fourth-order valence-electron chi connectivity index (χ4n) is 1.02. The molecule has 0 aliphatic carbocycles. The van der Waals surface area contributed by atoms with E-state index in [1.807, 2.05) is 30.5 Å². The summed E-state index contributed by atoms with van der Waals surface area (Å²) in [5, 5.41) is 1.20. The smallest absolute Gasteiger partial charge is 0.0701 e. The maximum atomic E-state index is 4.18. The van der Waals surface area contributed by atoms with Gasteiger partial charge < -0.3 is 0 Å². The second-order valence-electron chi connectivity index (χ2n) is 2.20. The summed E-state index contributed by atoms with van der Waals surface area (Å²) >= 11 is 5.00. The van der Waals surface area contributed by atoms with Crippen LogP contribution in [-0.4, -0.2) is 32.3 Å². The second-order valence-corrected chi connectivity index (χ2v) is 2.20. The third kappa shape index (κ3) is 2.33. The largest absolute Gasteiger partial charge is 0.256 e. The molecule has 1 aromatic carbocycles. The molecule has 0 aliphatic heterocycles. The van der Waals surface area contributed by atoms with E-state index in [9.17, 15) is 0 Å². The molecule has 2 aromatic rings. The van der Waals surface area contributed by atoms with Crippen molar-refractivity contribution in [1.29, 1.82) is 0 Å². The maximum Gasteiger partial charge on any atom is 0.0701 e. The van der Waals surface area contributed by atoms with Gasteiger partial charge in [0.05, 0.1) is 5.52 Å². The van der Waals surface area contributed by atoms with Crippen LogP contribution in [0.5, 0.6) is 0 Å². The molecule has 1 nitrogen and oxygen atoms in total. The van der Waals surface area contributed by atoms with Crippen molar-refractivity contribution in [3.05, 3.63) is 42.6 Å². The normalized spacial score (nSPS) is 8.67. The molecule has 0 bridgehead atoms. The van der Waals surface area contributed by atoms with Crippen molar-refractivity contribution in [2.45, 2.75) is 0 Å². The number of nitrogens with zero attached hydrogens (tertiary/aromatic N) is 1. The van der Waals surface area contributed by atoms with Crippen LogP contribution in [0.3, 0.4) is 0 Å². The van der Waals surface area contributed by atoms with E-state index in [-0.39, 0.29) is 0 Å². The molecule has 0 saturated heterocycles. The summed E-state index contributed by atoms with van der Waals surface area (Å²) in [6.07, 6.45) is 1.81. The number of aromatic nitrogens is 1. The van der Waals surface area contributed by atoms with Crippen molar-refractivity contribution in [1.82, 2.24) is 4.98 Å². The Kier molecular flexibility index (Phi) is 4.34. The molecule has 60 valence electrons. The molecule has 0 amide bonds.